The van der Waals surface area contributed by atoms with Crippen LogP contribution in [0.15, 0.2) is 36.4 Å². The number of anilines is 1. The molecule has 1 unspecified atom stereocenters. The molecule has 3 aromatic rings. The summed E-state index contributed by atoms with van der Waals surface area (Å²) in [6.45, 7) is 7.82. The second-order valence-corrected chi connectivity index (χ2v) is 7.80. The van der Waals surface area contributed by atoms with Crippen LogP contribution in [-0.4, -0.2) is 34.0 Å². The van der Waals surface area contributed by atoms with Crippen molar-refractivity contribution in [2.24, 2.45) is 0 Å². The van der Waals surface area contributed by atoms with Gasteiger partial charge in [-0.1, -0.05) is 25.1 Å². The van der Waals surface area contributed by atoms with Crippen molar-refractivity contribution in [1.29, 1.82) is 0 Å². The SMILES string of the molecule is CCc1ccccc1NC(=O)N1CCCC(c2nc3cc(C)c(C)cc3[nH]2)C1. The largest absolute Gasteiger partial charge is 0.342 e. The van der Waals surface area contributed by atoms with Crippen LogP contribution in [0.2, 0.25) is 0 Å². The van der Waals surface area contributed by atoms with Crippen molar-refractivity contribution in [2.45, 2.75) is 46.0 Å². The number of para-hydroxylation sites is 1. The number of fused-ring (bicyclic) bond motifs is 1. The predicted octanol–water partition coefficient (Wildman–Crippen LogP) is 5.15. The number of carbonyl (C=O) groups excluding carboxylic acids is 1. The molecule has 1 aromatic heterocycles. The summed E-state index contributed by atoms with van der Waals surface area (Å²) in [6, 6.07) is 12.3. The van der Waals surface area contributed by atoms with Crippen LogP contribution in [0.4, 0.5) is 10.5 Å². The molecule has 4 rings (SSSR count). The van der Waals surface area contributed by atoms with E-state index >= 15 is 0 Å². The number of aryl methyl sites for hydroxylation is 3. The Balaban J connectivity index is 1.50. The quantitative estimate of drug-likeness (QED) is 0.664. The fraction of sp³-hybridized carbons (Fsp3) is 0.391. The van der Waals surface area contributed by atoms with Gasteiger partial charge in [0.05, 0.1) is 11.0 Å². The Bertz CT molecular complexity index is 968. The number of amides is 2. The molecule has 5 heteroatoms. The van der Waals surface area contributed by atoms with Crippen LogP contribution < -0.4 is 5.32 Å². The van der Waals surface area contributed by atoms with E-state index in [2.05, 4.69) is 49.3 Å². The van der Waals surface area contributed by atoms with Crippen LogP contribution in [0.3, 0.4) is 0 Å². The average molecular weight is 377 g/mol. The van der Waals surface area contributed by atoms with E-state index in [1.54, 1.807) is 0 Å². The number of piperidine rings is 1. The molecule has 1 saturated heterocycles. The maximum absolute atomic E-state index is 12.9. The molecule has 0 saturated carbocycles. The predicted molar refractivity (Wildman–Crippen MR) is 114 cm³/mol. The summed E-state index contributed by atoms with van der Waals surface area (Å²) in [5.74, 6) is 1.24. The lowest BCUT2D eigenvalue weighted by Gasteiger charge is -2.32. The fourth-order valence-corrected chi connectivity index (χ4v) is 4.01. The lowest BCUT2D eigenvalue weighted by molar-refractivity contribution is 0.191. The topological polar surface area (TPSA) is 61.0 Å². The third-order valence-corrected chi connectivity index (χ3v) is 5.85. The number of nitrogens with zero attached hydrogens (tertiary/aromatic N) is 2. The Morgan fingerprint density at radius 1 is 1.25 bits per heavy atom. The Hall–Kier alpha value is -2.82. The van der Waals surface area contributed by atoms with Gasteiger partial charge in [0.2, 0.25) is 0 Å². The summed E-state index contributed by atoms with van der Waals surface area (Å²) in [6.07, 6.45) is 2.94. The molecule has 2 heterocycles. The smallest absolute Gasteiger partial charge is 0.321 e. The highest BCUT2D eigenvalue weighted by Crippen LogP contribution is 2.28. The molecule has 2 amide bonds. The second-order valence-electron chi connectivity index (χ2n) is 7.80. The standard InChI is InChI=1S/C23H28N4O/c1-4-17-8-5-6-10-19(17)26-23(28)27-11-7-9-18(14-27)22-24-20-12-15(2)16(3)13-21(20)25-22/h5-6,8,10,12-13,18H,4,7,9,11,14H2,1-3H3,(H,24,25)(H,26,28). The van der Waals surface area contributed by atoms with Crippen LogP contribution in [0, 0.1) is 13.8 Å². The van der Waals surface area contributed by atoms with Gasteiger partial charge < -0.3 is 15.2 Å². The molecule has 1 aliphatic rings. The lowest BCUT2D eigenvalue weighted by atomic mass is 9.97. The molecule has 2 aromatic carbocycles. The minimum atomic E-state index is -0.0200. The molecular formula is C23H28N4O. The highest BCUT2D eigenvalue weighted by Gasteiger charge is 2.27. The summed E-state index contributed by atoms with van der Waals surface area (Å²) in [4.78, 5) is 23.1. The van der Waals surface area contributed by atoms with E-state index in [0.29, 0.717) is 6.54 Å². The monoisotopic (exact) mass is 376 g/mol. The van der Waals surface area contributed by atoms with Gasteiger partial charge in [-0.25, -0.2) is 9.78 Å². The van der Waals surface area contributed by atoms with Gasteiger partial charge >= 0.3 is 6.03 Å². The fourth-order valence-electron chi connectivity index (χ4n) is 4.01. The van der Waals surface area contributed by atoms with Crippen LogP contribution in [0.1, 0.15) is 48.2 Å². The highest BCUT2D eigenvalue weighted by atomic mass is 16.2. The highest BCUT2D eigenvalue weighted by molar-refractivity contribution is 5.90. The number of likely N-dealkylation sites (tertiary alicyclic amines) is 1. The molecule has 0 aliphatic carbocycles. The van der Waals surface area contributed by atoms with Crippen molar-refractivity contribution in [3.63, 3.8) is 0 Å². The molecule has 1 fully saturated rings. The van der Waals surface area contributed by atoms with E-state index in [0.717, 1.165) is 53.9 Å². The minimum Gasteiger partial charge on any atom is -0.342 e. The lowest BCUT2D eigenvalue weighted by Crippen LogP contribution is -2.42. The Morgan fingerprint density at radius 3 is 2.86 bits per heavy atom. The van der Waals surface area contributed by atoms with E-state index in [4.69, 9.17) is 4.98 Å². The van der Waals surface area contributed by atoms with Gasteiger partial charge in [0, 0.05) is 24.7 Å². The summed E-state index contributed by atoms with van der Waals surface area (Å²) in [7, 11) is 0. The molecule has 1 aliphatic heterocycles. The maximum atomic E-state index is 12.9. The molecule has 5 nitrogen and oxygen atoms in total. The second kappa shape index (κ2) is 7.66. The van der Waals surface area contributed by atoms with Gasteiger partial charge in [0.15, 0.2) is 0 Å². The van der Waals surface area contributed by atoms with Crippen LogP contribution in [0.5, 0.6) is 0 Å². The van der Waals surface area contributed by atoms with Crippen molar-refractivity contribution in [1.82, 2.24) is 14.9 Å². The minimum absolute atomic E-state index is 0.0200. The normalized spacial score (nSPS) is 17.1. The number of aromatic nitrogens is 2. The molecule has 1 atom stereocenters. The van der Waals surface area contributed by atoms with Gasteiger partial charge in [0.1, 0.15) is 5.82 Å². The number of imidazole rings is 1. The zero-order valence-electron chi connectivity index (χ0n) is 16.9. The molecule has 0 spiro atoms. The number of hydrogen-bond acceptors (Lipinski definition) is 2. The summed E-state index contributed by atoms with van der Waals surface area (Å²) in [5.41, 5.74) is 6.68. The first-order valence-corrected chi connectivity index (χ1v) is 10.2. The number of nitrogens with one attached hydrogen (secondary N) is 2. The average Bonchev–Trinajstić information content (AvgIpc) is 3.11. The zero-order chi connectivity index (χ0) is 19.7. The van der Waals surface area contributed by atoms with E-state index in [-0.39, 0.29) is 11.9 Å². The first-order chi connectivity index (χ1) is 13.5. The van der Waals surface area contributed by atoms with E-state index in [1.165, 1.54) is 11.1 Å². The molecule has 28 heavy (non-hydrogen) atoms. The van der Waals surface area contributed by atoms with E-state index in [1.807, 2.05) is 23.1 Å². The molecule has 0 bridgehead atoms. The first kappa shape index (κ1) is 18.5. The molecular weight excluding hydrogens is 348 g/mol. The maximum Gasteiger partial charge on any atom is 0.321 e. The van der Waals surface area contributed by atoms with Crippen LogP contribution in [0.25, 0.3) is 11.0 Å². The number of aromatic amines is 1. The van der Waals surface area contributed by atoms with E-state index < -0.39 is 0 Å². The summed E-state index contributed by atoms with van der Waals surface area (Å²) >= 11 is 0. The number of urea groups is 1. The van der Waals surface area contributed by atoms with Gasteiger partial charge in [-0.3, -0.25) is 0 Å². The number of hydrogen-bond donors (Lipinski definition) is 2. The summed E-state index contributed by atoms with van der Waals surface area (Å²) < 4.78 is 0. The van der Waals surface area contributed by atoms with Crippen molar-refractivity contribution in [3.8, 4) is 0 Å². The van der Waals surface area contributed by atoms with Crippen molar-refractivity contribution >= 4 is 22.8 Å². The molecule has 146 valence electrons. The number of carbonyl (C=O) groups is 1. The van der Waals surface area contributed by atoms with Gasteiger partial charge in [-0.15, -0.1) is 0 Å². The van der Waals surface area contributed by atoms with Crippen LogP contribution >= 0.6 is 0 Å². The Morgan fingerprint density at radius 2 is 2.04 bits per heavy atom. The van der Waals surface area contributed by atoms with Crippen molar-refractivity contribution in [3.05, 3.63) is 58.9 Å². The Kier molecular flexibility index (Phi) is 5.07. The van der Waals surface area contributed by atoms with Gasteiger partial charge in [-0.05, 0) is 68.0 Å². The number of benzene rings is 2. The number of H-pyrrole nitrogens is 1. The third-order valence-electron chi connectivity index (χ3n) is 5.85. The number of rotatable bonds is 3. The molecule has 2 N–H and O–H groups in total. The summed E-state index contributed by atoms with van der Waals surface area (Å²) in [5, 5.41) is 3.10. The first-order valence-electron chi connectivity index (χ1n) is 10.2. The Labute approximate surface area is 166 Å². The third kappa shape index (κ3) is 3.61. The van der Waals surface area contributed by atoms with Crippen molar-refractivity contribution in [2.75, 3.05) is 18.4 Å². The van der Waals surface area contributed by atoms with Crippen LogP contribution in [-0.2, 0) is 6.42 Å². The zero-order valence-corrected chi connectivity index (χ0v) is 16.9. The van der Waals surface area contributed by atoms with Gasteiger partial charge in [0.25, 0.3) is 0 Å². The molecule has 0 radical (unpaired) electrons. The van der Waals surface area contributed by atoms with E-state index in [9.17, 15) is 4.79 Å². The van der Waals surface area contributed by atoms with Crippen molar-refractivity contribution < 1.29 is 4.79 Å². The van der Waals surface area contributed by atoms with Gasteiger partial charge in [-0.2, -0.15) is 0 Å².